The second-order valence-corrected chi connectivity index (χ2v) is 5.13. The Hall–Kier alpha value is -0.510. The Morgan fingerprint density at radius 3 is 2.39 bits per heavy atom. The Morgan fingerprint density at radius 2 is 1.72 bits per heavy atom. The van der Waals surface area contributed by atoms with Gasteiger partial charge in [0.15, 0.2) is 0 Å². The number of nitrogens with zero attached hydrogens (tertiary/aromatic N) is 1. The first-order valence-electron chi connectivity index (χ1n) is 4.93. The Morgan fingerprint density at radius 1 is 1.00 bits per heavy atom. The third-order valence-electron chi connectivity index (χ3n) is 2.41. The van der Waals surface area contributed by atoms with E-state index >= 15 is 0 Å². The van der Waals surface area contributed by atoms with Gasteiger partial charge in [0.25, 0.3) is 0 Å². The summed E-state index contributed by atoms with van der Waals surface area (Å²) < 4.78 is 0. The maximum absolute atomic E-state index is 9.28. The van der Waals surface area contributed by atoms with E-state index in [0.717, 1.165) is 0 Å². The van der Waals surface area contributed by atoms with Crippen molar-refractivity contribution in [2.24, 2.45) is 0 Å². The van der Waals surface area contributed by atoms with Crippen LogP contribution in [0.4, 0.5) is 0 Å². The molecule has 2 nitrogen and oxygen atoms in total. The highest BCUT2D eigenvalue weighted by atomic mass is 35.5. The number of aliphatic hydroxyl groups is 1. The summed E-state index contributed by atoms with van der Waals surface area (Å²) in [6, 6.07) is 5.02. The van der Waals surface area contributed by atoms with Crippen LogP contribution in [0.15, 0.2) is 24.4 Å². The van der Waals surface area contributed by atoms with Crippen LogP contribution in [0, 0.1) is 0 Å². The lowest BCUT2D eigenvalue weighted by atomic mass is 10.0. The third-order valence-corrected chi connectivity index (χ3v) is 3.91. The molecule has 0 spiro atoms. The minimum absolute atomic E-state index is 0.219. The highest BCUT2D eigenvalue weighted by Crippen LogP contribution is 2.39. The molecule has 0 fully saturated rings. The van der Waals surface area contributed by atoms with E-state index in [1.165, 1.54) is 6.20 Å². The molecule has 1 heterocycles. The fourth-order valence-corrected chi connectivity index (χ4v) is 2.36. The molecule has 0 saturated heterocycles. The van der Waals surface area contributed by atoms with Gasteiger partial charge in [0.2, 0.25) is 0 Å². The Kier molecular flexibility index (Phi) is 4.36. The summed E-state index contributed by atoms with van der Waals surface area (Å²) in [5.74, 6) is 0. The first-order chi connectivity index (χ1) is 8.54. The predicted octanol–water partition coefficient (Wildman–Crippen LogP) is 4.85. The van der Waals surface area contributed by atoms with Crippen LogP contribution in [0.1, 0.15) is 5.69 Å². The molecule has 0 saturated carbocycles. The number of hydrogen-bond donors (Lipinski definition) is 1. The first-order valence-corrected chi connectivity index (χ1v) is 6.45. The maximum Gasteiger partial charge on any atom is 0.0859 e. The van der Waals surface area contributed by atoms with E-state index in [0.29, 0.717) is 31.9 Å². The second kappa shape index (κ2) is 5.64. The number of hydrogen-bond acceptors (Lipinski definition) is 2. The van der Waals surface area contributed by atoms with Gasteiger partial charge >= 0.3 is 0 Å². The molecule has 1 N–H and O–H groups in total. The minimum Gasteiger partial charge on any atom is -0.390 e. The monoisotopic (exact) mass is 321 g/mol. The molecule has 0 bridgehead atoms. The molecular formula is C12H7Cl4NO. The van der Waals surface area contributed by atoms with Crippen molar-refractivity contribution in [1.82, 2.24) is 4.98 Å². The number of pyridine rings is 1. The fraction of sp³-hybridized carbons (Fsp3) is 0.0833. The van der Waals surface area contributed by atoms with Gasteiger partial charge in [-0.2, -0.15) is 0 Å². The highest BCUT2D eigenvalue weighted by molar-refractivity contribution is 6.49. The summed E-state index contributed by atoms with van der Waals surface area (Å²) in [5.41, 5.74) is 1.73. The van der Waals surface area contributed by atoms with Crippen LogP contribution in [-0.4, -0.2) is 10.1 Å². The van der Waals surface area contributed by atoms with Crippen LogP contribution in [-0.2, 0) is 6.61 Å². The van der Waals surface area contributed by atoms with Gasteiger partial charge in [0, 0.05) is 17.3 Å². The van der Waals surface area contributed by atoms with Crippen LogP contribution in [0.5, 0.6) is 0 Å². The molecule has 94 valence electrons. The van der Waals surface area contributed by atoms with Crippen LogP contribution in [0.25, 0.3) is 11.1 Å². The van der Waals surface area contributed by atoms with Crippen LogP contribution in [0.2, 0.25) is 20.1 Å². The third kappa shape index (κ3) is 2.58. The quantitative estimate of drug-likeness (QED) is 0.801. The molecule has 0 atom stereocenters. The number of benzene rings is 1. The summed E-state index contributed by atoms with van der Waals surface area (Å²) in [5, 5.41) is 10.7. The van der Waals surface area contributed by atoms with E-state index in [-0.39, 0.29) is 11.6 Å². The van der Waals surface area contributed by atoms with Gasteiger partial charge in [0.05, 0.1) is 32.4 Å². The van der Waals surface area contributed by atoms with Crippen molar-refractivity contribution < 1.29 is 5.11 Å². The van der Waals surface area contributed by atoms with Gasteiger partial charge in [-0.15, -0.1) is 0 Å². The molecule has 1 aromatic heterocycles. The molecule has 0 amide bonds. The summed E-state index contributed by atoms with van der Waals surface area (Å²) in [7, 11) is 0. The summed E-state index contributed by atoms with van der Waals surface area (Å²) in [6.07, 6.45) is 1.46. The molecule has 18 heavy (non-hydrogen) atoms. The second-order valence-electron chi connectivity index (χ2n) is 3.53. The van der Waals surface area contributed by atoms with Crippen LogP contribution < -0.4 is 0 Å². The smallest absolute Gasteiger partial charge is 0.0859 e. The van der Waals surface area contributed by atoms with E-state index in [2.05, 4.69) is 4.98 Å². The lowest BCUT2D eigenvalue weighted by molar-refractivity contribution is 0.277. The molecule has 2 aromatic rings. The standard InChI is InChI=1S/C12H7Cl4NO/c13-6-3-8(10(5-18)17-4-6)7-1-2-9(14)12(16)11(7)15/h1-4,18H,5H2. The van der Waals surface area contributed by atoms with E-state index in [1.54, 1.807) is 18.2 Å². The van der Waals surface area contributed by atoms with Crippen molar-refractivity contribution in [3.8, 4) is 11.1 Å². The largest absolute Gasteiger partial charge is 0.390 e. The summed E-state index contributed by atoms with van der Waals surface area (Å²) in [4.78, 5) is 4.05. The lowest BCUT2D eigenvalue weighted by Crippen LogP contribution is -1.94. The zero-order valence-electron chi connectivity index (χ0n) is 8.92. The first kappa shape index (κ1) is 13.9. The van der Waals surface area contributed by atoms with E-state index in [4.69, 9.17) is 46.4 Å². The highest BCUT2D eigenvalue weighted by Gasteiger charge is 2.14. The van der Waals surface area contributed by atoms with Gasteiger partial charge < -0.3 is 5.11 Å². The molecule has 1 aromatic carbocycles. The number of rotatable bonds is 2. The van der Waals surface area contributed by atoms with Crippen molar-refractivity contribution in [1.29, 1.82) is 0 Å². The van der Waals surface area contributed by atoms with E-state index < -0.39 is 0 Å². The van der Waals surface area contributed by atoms with Crippen LogP contribution >= 0.6 is 46.4 Å². The minimum atomic E-state index is -0.219. The Balaban J connectivity index is 2.69. The van der Waals surface area contributed by atoms with Gasteiger partial charge in [0.1, 0.15) is 0 Å². The molecular weight excluding hydrogens is 316 g/mol. The zero-order chi connectivity index (χ0) is 13.3. The van der Waals surface area contributed by atoms with E-state index in [9.17, 15) is 5.11 Å². The molecule has 0 unspecified atom stereocenters. The van der Waals surface area contributed by atoms with Crippen LogP contribution in [0.3, 0.4) is 0 Å². The zero-order valence-corrected chi connectivity index (χ0v) is 11.9. The SMILES string of the molecule is OCc1ncc(Cl)cc1-c1ccc(Cl)c(Cl)c1Cl. The topological polar surface area (TPSA) is 33.1 Å². The Labute approximate surface area is 124 Å². The molecule has 6 heteroatoms. The van der Waals surface area contributed by atoms with Crippen molar-refractivity contribution in [2.75, 3.05) is 0 Å². The van der Waals surface area contributed by atoms with E-state index in [1.807, 2.05) is 0 Å². The molecule has 0 radical (unpaired) electrons. The van der Waals surface area contributed by atoms with Gasteiger partial charge in [-0.1, -0.05) is 52.5 Å². The average molecular weight is 323 g/mol. The van der Waals surface area contributed by atoms with Gasteiger partial charge in [-0.05, 0) is 12.1 Å². The summed E-state index contributed by atoms with van der Waals surface area (Å²) >= 11 is 23.9. The normalized spacial score (nSPS) is 10.7. The lowest BCUT2D eigenvalue weighted by Gasteiger charge is -2.11. The van der Waals surface area contributed by atoms with Gasteiger partial charge in [-0.25, -0.2) is 0 Å². The summed E-state index contributed by atoms with van der Waals surface area (Å²) in [6.45, 7) is -0.219. The maximum atomic E-state index is 9.28. The molecule has 0 aliphatic rings. The molecule has 2 rings (SSSR count). The van der Waals surface area contributed by atoms with Crippen molar-refractivity contribution in [3.05, 3.63) is 50.2 Å². The number of aliphatic hydroxyl groups excluding tert-OH is 1. The van der Waals surface area contributed by atoms with Crippen molar-refractivity contribution >= 4 is 46.4 Å². The molecule has 0 aliphatic carbocycles. The van der Waals surface area contributed by atoms with Crippen molar-refractivity contribution in [3.63, 3.8) is 0 Å². The van der Waals surface area contributed by atoms with Gasteiger partial charge in [-0.3, -0.25) is 4.98 Å². The Bertz CT molecular complexity index is 601. The number of halogens is 4. The average Bonchev–Trinajstić information content (AvgIpc) is 2.36. The fourth-order valence-electron chi connectivity index (χ4n) is 1.56. The molecule has 0 aliphatic heterocycles. The van der Waals surface area contributed by atoms with Crippen molar-refractivity contribution in [2.45, 2.75) is 6.61 Å². The number of aromatic nitrogens is 1. The predicted molar refractivity (Wildman–Crippen MR) is 75.6 cm³/mol.